The fourth-order valence-electron chi connectivity index (χ4n) is 2.13. The Bertz CT molecular complexity index is 658. The third kappa shape index (κ3) is 5.35. The molecular formula is C15H19N3O5. The van der Waals surface area contributed by atoms with Gasteiger partial charge in [0.25, 0.3) is 5.69 Å². The number of aliphatic hydroxyl groups excluding tert-OH is 1. The zero-order valence-electron chi connectivity index (χ0n) is 13.0. The predicted octanol–water partition coefficient (Wildman–Crippen LogP) is 1.76. The molecule has 0 radical (unpaired) electrons. The van der Waals surface area contributed by atoms with Crippen molar-refractivity contribution in [1.29, 1.82) is 0 Å². The summed E-state index contributed by atoms with van der Waals surface area (Å²) in [4.78, 5) is 12.1. The van der Waals surface area contributed by atoms with Crippen molar-refractivity contribution in [3.05, 3.63) is 51.9 Å². The van der Waals surface area contributed by atoms with Crippen LogP contribution in [0.1, 0.15) is 11.5 Å². The van der Waals surface area contributed by atoms with Crippen LogP contribution < -0.4 is 4.74 Å². The van der Waals surface area contributed by atoms with Gasteiger partial charge in [0.15, 0.2) is 0 Å². The van der Waals surface area contributed by atoms with Crippen molar-refractivity contribution in [3.63, 3.8) is 0 Å². The lowest BCUT2D eigenvalue weighted by molar-refractivity contribution is -0.384. The molecule has 0 aliphatic rings. The van der Waals surface area contributed by atoms with Crippen molar-refractivity contribution >= 4 is 5.69 Å². The Hall–Kier alpha value is -2.45. The van der Waals surface area contributed by atoms with E-state index in [4.69, 9.17) is 9.26 Å². The van der Waals surface area contributed by atoms with Gasteiger partial charge in [-0.25, -0.2) is 0 Å². The fourth-order valence-corrected chi connectivity index (χ4v) is 2.13. The number of non-ortho nitro benzene ring substituents is 1. The molecule has 0 bridgehead atoms. The molecule has 1 aromatic carbocycles. The van der Waals surface area contributed by atoms with E-state index >= 15 is 0 Å². The standard InChI is InChI=1S/C15H19N3O5/c1-11-6-12(16-23-11)8-17(2)9-14(19)10-22-15-5-3-4-13(7-15)18(20)21/h3-7,14,19H,8-10H2,1-2H3/t14-/m1/s1. The summed E-state index contributed by atoms with van der Waals surface area (Å²) in [6.45, 7) is 2.79. The molecule has 1 N–H and O–H groups in total. The first kappa shape index (κ1) is 16.9. The van der Waals surface area contributed by atoms with Crippen LogP contribution in [0.2, 0.25) is 0 Å². The van der Waals surface area contributed by atoms with Gasteiger partial charge in [0.05, 0.1) is 16.7 Å². The monoisotopic (exact) mass is 321 g/mol. The van der Waals surface area contributed by atoms with Gasteiger partial charge in [0.2, 0.25) is 0 Å². The first-order valence-electron chi connectivity index (χ1n) is 7.10. The number of aromatic nitrogens is 1. The Labute approximate surface area is 133 Å². The Morgan fingerprint density at radius 3 is 2.91 bits per heavy atom. The number of rotatable bonds is 8. The molecule has 1 aromatic heterocycles. The molecule has 0 unspecified atom stereocenters. The molecule has 0 amide bonds. The largest absolute Gasteiger partial charge is 0.491 e. The molecule has 0 spiro atoms. The zero-order valence-corrected chi connectivity index (χ0v) is 13.0. The summed E-state index contributed by atoms with van der Waals surface area (Å²) in [5.74, 6) is 1.09. The number of benzene rings is 1. The highest BCUT2D eigenvalue weighted by molar-refractivity contribution is 5.37. The lowest BCUT2D eigenvalue weighted by atomic mass is 10.3. The zero-order chi connectivity index (χ0) is 16.8. The maximum absolute atomic E-state index is 10.7. The van der Waals surface area contributed by atoms with Gasteiger partial charge >= 0.3 is 0 Å². The summed E-state index contributed by atoms with van der Waals surface area (Å²) in [6, 6.07) is 7.70. The van der Waals surface area contributed by atoms with Crippen LogP contribution in [0.4, 0.5) is 5.69 Å². The molecule has 0 saturated carbocycles. The van der Waals surface area contributed by atoms with Gasteiger partial charge in [0, 0.05) is 25.2 Å². The van der Waals surface area contributed by atoms with Gasteiger partial charge in [-0.15, -0.1) is 0 Å². The van der Waals surface area contributed by atoms with E-state index in [-0.39, 0.29) is 12.3 Å². The van der Waals surface area contributed by atoms with Crippen LogP contribution in [0.25, 0.3) is 0 Å². The number of nitro groups is 1. The summed E-state index contributed by atoms with van der Waals surface area (Å²) in [6.07, 6.45) is -0.729. The molecule has 23 heavy (non-hydrogen) atoms. The summed E-state index contributed by atoms with van der Waals surface area (Å²) >= 11 is 0. The van der Waals surface area contributed by atoms with Crippen molar-refractivity contribution in [2.24, 2.45) is 0 Å². The minimum absolute atomic E-state index is 0.0450. The molecular weight excluding hydrogens is 302 g/mol. The Balaban J connectivity index is 1.79. The van der Waals surface area contributed by atoms with Gasteiger partial charge in [0.1, 0.15) is 24.2 Å². The molecule has 0 saturated heterocycles. The van der Waals surface area contributed by atoms with Gasteiger partial charge in [-0.2, -0.15) is 0 Å². The highest BCUT2D eigenvalue weighted by atomic mass is 16.6. The lowest BCUT2D eigenvalue weighted by Crippen LogP contribution is -2.32. The quantitative estimate of drug-likeness (QED) is 0.584. The number of ether oxygens (including phenoxy) is 1. The molecule has 0 aliphatic heterocycles. The number of likely N-dealkylation sites (N-methyl/N-ethyl adjacent to an activating group) is 1. The molecule has 1 heterocycles. The second-order valence-corrected chi connectivity index (χ2v) is 5.34. The fraction of sp³-hybridized carbons (Fsp3) is 0.400. The Morgan fingerprint density at radius 2 is 2.26 bits per heavy atom. The van der Waals surface area contributed by atoms with Crippen LogP contribution in [0.5, 0.6) is 5.75 Å². The van der Waals surface area contributed by atoms with E-state index in [9.17, 15) is 15.2 Å². The summed E-state index contributed by atoms with van der Waals surface area (Å²) in [5, 5.41) is 24.6. The lowest BCUT2D eigenvalue weighted by Gasteiger charge is -2.19. The minimum Gasteiger partial charge on any atom is -0.491 e. The van der Waals surface area contributed by atoms with E-state index in [1.165, 1.54) is 12.1 Å². The highest BCUT2D eigenvalue weighted by Crippen LogP contribution is 2.19. The van der Waals surface area contributed by atoms with E-state index in [0.717, 1.165) is 11.5 Å². The van der Waals surface area contributed by atoms with Crippen LogP contribution in [-0.2, 0) is 6.54 Å². The van der Waals surface area contributed by atoms with Crippen molar-refractivity contribution in [3.8, 4) is 5.75 Å². The number of aliphatic hydroxyl groups is 1. The molecule has 2 aromatic rings. The van der Waals surface area contributed by atoms with Gasteiger partial charge in [-0.3, -0.25) is 15.0 Å². The first-order chi connectivity index (χ1) is 10.9. The summed E-state index contributed by atoms with van der Waals surface area (Å²) < 4.78 is 10.4. The Kier molecular flexibility index (Phi) is 5.67. The number of nitrogens with zero attached hydrogens (tertiary/aromatic N) is 3. The number of hydrogen-bond donors (Lipinski definition) is 1. The highest BCUT2D eigenvalue weighted by Gasteiger charge is 2.12. The maximum Gasteiger partial charge on any atom is 0.273 e. The molecule has 0 aliphatic carbocycles. The van der Waals surface area contributed by atoms with Gasteiger partial charge in [-0.05, 0) is 20.0 Å². The van der Waals surface area contributed by atoms with E-state index in [0.29, 0.717) is 18.8 Å². The summed E-state index contributed by atoms with van der Waals surface area (Å²) in [7, 11) is 1.85. The van der Waals surface area contributed by atoms with Crippen molar-refractivity contribution in [2.75, 3.05) is 20.2 Å². The minimum atomic E-state index is -0.729. The first-order valence-corrected chi connectivity index (χ1v) is 7.10. The van der Waals surface area contributed by atoms with Gasteiger partial charge in [-0.1, -0.05) is 11.2 Å². The van der Waals surface area contributed by atoms with Crippen molar-refractivity contribution in [2.45, 2.75) is 19.6 Å². The number of aryl methyl sites for hydroxylation is 1. The maximum atomic E-state index is 10.7. The Morgan fingerprint density at radius 1 is 1.48 bits per heavy atom. The number of hydrogen-bond acceptors (Lipinski definition) is 7. The molecule has 124 valence electrons. The summed E-state index contributed by atoms with van der Waals surface area (Å²) in [5.41, 5.74) is 0.743. The average molecular weight is 321 g/mol. The van der Waals surface area contributed by atoms with Crippen LogP contribution >= 0.6 is 0 Å². The van der Waals surface area contributed by atoms with E-state index in [1.54, 1.807) is 12.1 Å². The molecule has 1 atom stereocenters. The second-order valence-electron chi connectivity index (χ2n) is 5.34. The van der Waals surface area contributed by atoms with Crippen LogP contribution in [0.3, 0.4) is 0 Å². The SMILES string of the molecule is Cc1cc(CN(C)C[C@@H](O)COc2cccc([N+](=O)[O-])c2)no1. The predicted molar refractivity (Wildman–Crippen MR) is 82.2 cm³/mol. The molecule has 0 fully saturated rings. The third-order valence-electron chi connectivity index (χ3n) is 3.10. The third-order valence-corrected chi connectivity index (χ3v) is 3.10. The smallest absolute Gasteiger partial charge is 0.273 e. The topological polar surface area (TPSA) is 102 Å². The van der Waals surface area contributed by atoms with Crippen molar-refractivity contribution in [1.82, 2.24) is 10.1 Å². The van der Waals surface area contributed by atoms with E-state index < -0.39 is 11.0 Å². The molecule has 8 nitrogen and oxygen atoms in total. The molecule has 8 heteroatoms. The van der Waals surface area contributed by atoms with E-state index in [2.05, 4.69) is 5.16 Å². The van der Waals surface area contributed by atoms with Crippen LogP contribution in [0, 0.1) is 17.0 Å². The normalized spacial score (nSPS) is 12.3. The average Bonchev–Trinajstić information content (AvgIpc) is 2.90. The molecule has 2 rings (SSSR count). The second kappa shape index (κ2) is 7.70. The van der Waals surface area contributed by atoms with E-state index in [1.807, 2.05) is 24.9 Å². The van der Waals surface area contributed by atoms with Gasteiger partial charge < -0.3 is 14.4 Å². The van der Waals surface area contributed by atoms with Crippen LogP contribution in [0.15, 0.2) is 34.9 Å². The van der Waals surface area contributed by atoms with Crippen molar-refractivity contribution < 1.29 is 19.3 Å². The van der Waals surface area contributed by atoms with Crippen LogP contribution in [-0.4, -0.2) is 46.4 Å². The number of nitro benzene ring substituents is 1.